The summed E-state index contributed by atoms with van der Waals surface area (Å²) in [4.78, 5) is 28.9. The molecular formula is C18H20BrN3O3. The van der Waals surface area contributed by atoms with Crippen LogP contribution in [-0.2, 0) is 10.3 Å². The lowest BCUT2D eigenvalue weighted by atomic mass is 9.96. The van der Waals surface area contributed by atoms with E-state index >= 15 is 0 Å². The molecule has 3 rings (SSSR count). The summed E-state index contributed by atoms with van der Waals surface area (Å²) < 4.78 is 6.00. The second kappa shape index (κ2) is 7.47. The predicted molar refractivity (Wildman–Crippen MR) is 95.0 cm³/mol. The van der Waals surface area contributed by atoms with Crippen molar-refractivity contribution in [1.29, 1.82) is 0 Å². The minimum absolute atomic E-state index is 0.0430. The molecule has 0 spiro atoms. The first kappa shape index (κ1) is 17.8. The Kier molecular flexibility index (Phi) is 5.32. The average molecular weight is 406 g/mol. The van der Waals surface area contributed by atoms with Gasteiger partial charge in [0.2, 0.25) is 11.8 Å². The van der Waals surface area contributed by atoms with Crippen molar-refractivity contribution in [2.24, 2.45) is 0 Å². The number of carbonyl (C=O) groups is 2. The molecule has 132 valence electrons. The van der Waals surface area contributed by atoms with Crippen LogP contribution in [0.1, 0.15) is 60.6 Å². The lowest BCUT2D eigenvalue weighted by Gasteiger charge is -2.26. The SMILES string of the molecule is Cc1nc(C2(NC(=O)CCC(=O)c3ccc(Br)cc3)CCCC2)no1. The van der Waals surface area contributed by atoms with Crippen LogP contribution >= 0.6 is 15.9 Å². The molecular weight excluding hydrogens is 386 g/mol. The molecule has 1 aliphatic carbocycles. The summed E-state index contributed by atoms with van der Waals surface area (Å²) in [6.45, 7) is 1.73. The average Bonchev–Trinajstić information content (AvgIpc) is 3.23. The molecule has 1 fully saturated rings. The van der Waals surface area contributed by atoms with E-state index in [1.807, 2.05) is 12.1 Å². The van der Waals surface area contributed by atoms with Crippen LogP contribution in [0.5, 0.6) is 0 Å². The molecule has 1 saturated carbocycles. The largest absolute Gasteiger partial charge is 0.343 e. The molecule has 1 aromatic carbocycles. The highest BCUT2D eigenvalue weighted by Crippen LogP contribution is 2.37. The van der Waals surface area contributed by atoms with Crippen LogP contribution in [0.2, 0.25) is 0 Å². The molecule has 6 nitrogen and oxygen atoms in total. The third-order valence-electron chi connectivity index (χ3n) is 4.54. The highest BCUT2D eigenvalue weighted by atomic mass is 79.9. The van der Waals surface area contributed by atoms with E-state index in [1.165, 1.54) is 0 Å². The van der Waals surface area contributed by atoms with Crippen LogP contribution in [0.15, 0.2) is 33.3 Å². The van der Waals surface area contributed by atoms with Gasteiger partial charge in [-0.1, -0.05) is 46.1 Å². The zero-order chi connectivity index (χ0) is 17.9. The Hall–Kier alpha value is -2.02. The minimum Gasteiger partial charge on any atom is -0.343 e. The monoisotopic (exact) mass is 405 g/mol. The molecule has 0 atom stereocenters. The molecule has 1 amide bonds. The minimum atomic E-state index is -0.560. The number of Topliss-reactive ketones (excluding diaryl/α,β-unsaturated/α-hetero) is 1. The van der Waals surface area contributed by atoms with Gasteiger partial charge >= 0.3 is 0 Å². The second-order valence-electron chi connectivity index (χ2n) is 6.40. The Morgan fingerprint density at radius 1 is 1.20 bits per heavy atom. The number of ketones is 1. The van der Waals surface area contributed by atoms with Gasteiger partial charge in [-0.2, -0.15) is 4.98 Å². The van der Waals surface area contributed by atoms with Gasteiger partial charge in [-0.15, -0.1) is 0 Å². The first-order valence-corrected chi connectivity index (χ1v) is 9.18. The topological polar surface area (TPSA) is 85.1 Å². The number of hydrogen-bond donors (Lipinski definition) is 1. The van der Waals surface area contributed by atoms with E-state index in [2.05, 4.69) is 31.4 Å². The standard InChI is InChI=1S/C18H20BrN3O3/c1-12-20-17(22-25-12)18(10-2-3-11-18)21-16(24)9-8-15(23)13-4-6-14(19)7-5-13/h4-7H,2-3,8-11H2,1H3,(H,21,24). The van der Waals surface area contributed by atoms with E-state index in [0.29, 0.717) is 17.3 Å². The third-order valence-corrected chi connectivity index (χ3v) is 5.07. The van der Waals surface area contributed by atoms with Crippen LogP contribution in [0, 0.1) is 6.92 Å². The van der Waals surface area contributed by atoms with Crippen molar-refractivity contribution < 1.29 is 14.1 Å². The van der Waals surface area contributed by atoms with Crippen molar-refractivity contribution in [3.8, 4) is 0 Å². The number of hydrogen-bond acceptors (Lipinski definition) is 5. The quantitative estimate of drug-likeness (QED) is 0.740. The van der Waals surface area contributed by atoms with Crippen LogP contribution in [0.3, 0.4) is 0 Å². The summed E-state index contributed by atoms with van der Waals surface area (Å²) in [7, 11) is 0. The van der Waals surface area contributed by atoms with E-state index in [4.69, 9.17) is 4.52 Å². The second-order valence-corrected chi connectivity index (χ2v) is 7.32. The Labute approximate surface area is 154 Å². The number of nitrogens with zero attached hydrogens (tertiary/aromatic N) is 2. The van der Waals surface area contributed by atoms with Gasteiger partial charge in [0.05, 0.1) is 0 Å². The van der Waals surface area contributed by atoms with Crippen LogP contribution in [0.25, 0.3) is 0 Å². The summed E-state index contributed by atoms with van der Waals surface area (Å²) >= 11 is 3.34. The van der Waals surface area contributed by atoms with Crippen LogP contribution < -0.4 is 5.32 Å². The Bertz CT molecular complexity index is 764. The zero-order valence-corrected chi connectivity index (χ0v) is 15.6. The Balaban J connectivity index is 1.61. The van der Waals surface area contributed by atoms with Crippen molar-refractivity contribution in [3.63, 3.8) is 0 Å². The fraction of sp³-hybridized carbons (Fsp3) is 0.444. The lowest BCUT2D eigenvalue weighted by Crippen LogP contribution is -2.44. The fourth-order valence-electron chi connectivity index (χ4n) is 3.21. The van der Waals surface area contributed by atoms with Gasteiger partial charge in [-0.3, -0.25) is 9.59 Å². The smallest absolute Gasteiger partial charge is 0.223 e. The molecule has 0 radical (unpaired) electrons. The van der Waals surface area contributed by atoms with Gasteiger partial charge in [0.15, 0.2) is 11.6 Å². The highest BCUT2D eigenvalue weighted by molar-refractivity contribution is 9.10. The fourth-order valence-corrected chi connectivity index (χ4v) is 3.48. The highest BCUT2D eigenvalue weighted by Gasteiger charge is 2.41. The van der Waals surface area contributed by atoms with E-state index in [-0.39, 0.29) is 24.5 Å². The van der Waals surface area contributed by atoms with Gasteiger partial charge in [-0.05, 0) is 25.0 Å². The first-order chi connectivity index (χ1) is 12.0. The molecule has 7 heteroatoms. The number of aromatic nitrogens is 2. The van der Waals surface area contributed by atoms with Gasteiger partial charge < -0.3 is 9.84 Å². The van der Waals surface area contributed by atoms with Gasteiger partial charge in [0.1, 0.15) is 5.54 Å². The maximum atomic E-state index is 12.4. The van der Waals surface area contributed by atoms with Crippen LogP contribution in [-0.4, -0.2) is 21.8 Å². The summed E-state index contributed by atoms with van der Waals surface area (Å²) in [6.07, 6.45) is 3.91. The molecule has 0 aliphatic heterocycles. The van der Waals surface area contributed by atoms with Crippen LogP contribution in [0.4, 0.5) is 0 Å². The molecule has 1 aromatic heterocycles. The lowest BCUT2D eigenvalue weighted by molar-refractivity contribution is -0.123. The molecule has 2 aromatic rings. The molecule has 0 bridgehead atoms. The van der Waals surface area contributed by atoms with Crippen molar-refractivity contribution in [2.75, 3.05) is 0 Å². The van der Waals surface area contributed by atoms with E-state index < -0.39 is 5.54 Å². The Morgan fingerprint density at radius 3 is 2.48 bits per heavy atom. The maximum absolute atomic E-state index is 12.4. The van der Waals surface area contributed by atoms with Gasteiger partial charge in [0, 0.05) is 29.8 Å². The number of benzene rings is 1. The van der Waals surface area contributed by atoms with E-state index in [9.17, 15) is 9.59 Å². The van der Waals surface area contributed by atoms with Crippen molar-refractivity contribution in [1.82, 2.24) is 15.5 Å². The predicted octanol–water partition coefficient (Wildman–Crippen LogP) is 3.69. The van der Waals surface area contributed by atoms with Crippen molar-refractivity contribution in [2.45, 2.75) is 51.0 Å². The van der Waals surface area contributed by atoms with Crippen molar-refractivity contribution in [3.05, 3.63) is 46.0 Å². The molecule has 1 heterocycles. The van der Waals surface area contributed by atoms with E-state index in [1.54, 1.807) is 19.1 Å². The summed E-state index contributed by atoms with van der Waals surface area (Å²) in [5.41, 5.74) is 0.0514. The van der Waals surface area contributed by atoms with Crippen molar-refractivity contribution >= 4 is 27.6 Å². The number of carbonyl (C=O) groups excluding carboxylic acids is 2. The van der Waals surface area contributed by atoms with Gasteiger partial charge in [0.25, 0.3) is 0 Å². The number of aryl methyl sites for hydroxylation is 1. The molecule has 1 aliphatic rings. The normalized spacial score (nSPS) is 15.9. The Morgan fingerprint density at radius 2 is 1.88 bits per heavy atom. The summed E-state index contributed by atoms with van der Waals surface area (Å²) in [5.74, 6) is 0.823. The molecule has 25 heavy (non-hydrogen) atoms. The zero-order valence-electron chi connectivity index (χ0n) is 14.0. The molecule has 0 unspecified atom stereocenters. The molecule has 0 saturated heterocycles. The maximum Gasteiger partial charge on any atom is 0.223 e. The number of nitrogens with one attached hydrogen (secondary N) is 1. The molecule has 1 N–H and O–H groups in total. The summed E-state index contributed by atoms with van der Waals surface area (Å²) in [5, 5.41) is 7.06. The number of amides is 1. The first-order valence-electron chi connectivity index (χ1n) is 8.39. The van der Waals surface area contributed by atoms with E-state index in [0.717, 1.165) is 30.2 Å². The number of rotatable bonds is 6. The number of halogens is 1. The summed E-state index contributed by atoms with van der Waals surface area (Å²) in [6, 6.07) is 7.15. The van der Waals surface area contributed by atoms with Gasteiger partial charge in [-0.25, -0.2) is 0 Å². The third kappa shape index (κ3) is 4.15.